The van der Waals surface area contributed by atoms with Crippen molar-refractivity contribution in [2.75, 3.05) is 19.7 Å². The predicted molar refractivity (Wildman–Crippen MR) is 97.3 cm³/mol. The number of benzene rings is 2. The molecule has 0 bridgehead atoms. The van der Waals surface area contributed by atoms with Crippen LogP contribution >= 0.6 is 0 Å². The number of halogens is 3. The van der Waals surface area contributed by atoms with Crippen LogP contribution in [0.5, 0.6) is 0 Å². The van der Waals surface area contributed by atoms with Crippen LogP contribution in [-0.4, -0.2) is 42.6 Å². The van der Waals surface area contributed by atoms with Crippen molar-refractivity contribution in [2.45, 2.75) is 17.4 Å². The summed E-state index contributed by atoms with van der Waals surface area (Å²) in [4.78, 5) is 3.82. The molecule has 0 saturated carbocycles. The molecule has 1 saturated heterocycles. The second kappa shape index (κ2) is 8.17. The first-order valence-corrected chi connectivity index (χ1v) is 10.4. The molecule has 2 aromatic carbocycles. The van der Waals surface area contributed by atoms with Crippen LogP contribution in [0.15, 0.2) is 51.9 Å². The molecule has 1 aliphatic heterocycles. The van der Waals surface area contributed by atoms with Crippen molar-refractivity contribution in [2.24, 2.45) is 0 Å². The quantitative estimate of drug-likeness (QED) is 0.608. The molecule has 158 valence electrons. The molecule has 1 aromatic heterocycles. The number of rotatable bonds is 5. The number of ether oxygens (including phenoxy) is 1. The van der Waals surface area contributed by atoms with Gasteiger partial charge in [0.1, 0.15) is 5.82 Å². The van der Waals surface area contributed by atoms with Crippen molar-refractivity contribution in [3.8, 4) is 0 Å². The highest BCUT2D eigenvalue weighted by atomic mass is 32.2. The van der Waals surface area contributed by atoms with E-state index >= 15 is 0 Å². The lowest BCUT2D eigenvalue weighted by molar-refractivity contribution is -0.0199. The van der Waals surface area contributed by atoms with Gasteiger partial charge in [0.25, 0.3) is 5.89 Å². The maximum Gasteiger partial charge on any atom is 0.257 e. The smallest absolute Gasteiger partial charge is 0.257 e. The van der Waals surface area contributed by atoms with Crippen molar-refractivity contribution in [1.82, 2.24) is 14.4 Å². The Balaban J connectivity index is 1.51. The SMILES string of the molecule is O=S(=O)(c1ccc(F)c(F)c1)N1CCOC(c2nc(Cc3ccccc3F)no2)C1. The summed E-state index contributed by atoms with van der Waals surface area (Å²) in [5, 5.41) is 3.80. The Morgan fingerprint density at radius 2 is 1.87 bits per heavy atom. The van der Waals surface area contributed by atoms with Crippen LogP contribution in [0.4, 0.5) is 13.2 Å². The van der Waals surface area contributed by atoms with E-state index in [1.807, 2.05) is 0 Å². The predicted octanol–water partition coefficient (Wildman–Crippen LogP) is 2.84. The van der Waals surface area contributed by atoms with Gasteiger partial charge in [-0.1, -0.05) is 23.4 Å². The summed E-state index contributed by atoms with van der Waals surface area (Å²) in [6.07, 6.45) is -0.750. The highest BCUT2D eigenvalue weighted by Gasteiger charge is 2.34. The highest BCUT2D eigenvalue weighted by molar-refractivity contribution is 7.89. The summed E-state index contributed by atoms with van der Waals surface area (Å²) in [7, 11) is -4.08. The van der Waals surface area contributed by atoms with E-state index in [1.54, 1.807) is 18.2 Å². The average molecular weight is 439 g/mol. The zero-order valence-corrected chi connectivity index (χ0v) is 16.3. The third-order valence-corrected chi connectivity index (χ3v) is 6.48. The van der Waals surface area contributed by atoms with Gasteiger partial charge in [-0.2, -0.15) is 9.29 Å². The second-order valence-corrected chi connectivity index (χ2v) is 8.55. The van der Waals surface area contributed by atoms with Crippen molar-refractivity contribution >= 4 is 10.0 Å². The molecule has 0 aliphatic carbocycles. The maximum atomic E-state index is 13.8. The first kappa shape index (κ1) is 20.5. The number of nitrogens with zero attached hydrogens (tertiary/aromatic N) is 3. The monoisotopic (exact) mass is 439 g/mol. The fourth-order valence-electron chi connectivity index (χ4n) is 3.06. The number of hydrogen-bond donors (Lipinski definition) is 0. The molecule has 1 atom stereocenters. The van der Waals surface area contributed by atoms with E-state index in [0.717, 1.165) is 16.4 Å². The molecule has 7 nitrogen and oxygen atoms in total. The zero-order valence-electron chi connectivity index (χ0n) is 15.5. The highest BCUT2D eigenvalue weighted by Crippen LogP contribution is 2.26. The first-order chi connectivity index (χ1) is 14.3. The third-order valence-electron chi connectivity index (χ3n) is 4.62. The molecular formula is C19H16F3N3O4S. The van der Waals surface area contributed by atoms with Crippen molar-refractivity contribution in [1.29, 1.82) is 0 Å². The molecule has 30 heavy (non-hydrogen) atoms. The lowest BCUT2D eigenvalue weighted by Gasteiger charge is -2.30. The molecular weight excluding hydrogens is 423 g/mol. The van der Waals surface area contributed by atoms with E-state index in [-0.39, 0.29) is 42.7 Å². The van der Waals surface area contributed by atoms with Gasteiger partial charge < -0.3 is 9.26 Å². The topological polar surface area (TPSA) is 85.5 Å². The Hall–Kier alpha value is -2.76. The van der Waals surface area contributed by atoms with Crippen LogP contribution in [0.25, 0.3) is 0 Å². The van der Waals surface area contributed by atoms with Gasteiger partial charge in [-0.3, -0.25) is 0 Å². The fourth-order valence-corrected chi connectivity index (χ4v) is 4.50. The number of sulfonamides is 1. The normalized spacial score (nSPS) is 17.9. The van der Waals surface area contributed by atoms with E-state index in [2.05, 4.69) is 10.1 Å². The molecule has 1 aliphatic rings. The van der Waals surface area contributed by atoms with Crippen LogP contribution in [0.2, 0.25) is 0 Å². The van der Waals surface area contributed by atoms with Gasteiger partial charge in [0, 0.05) is 19.5 Å². The molecule has 4 rings (SSSR count). The molecule has 11 heteroatoms. The van der Waals surface area contributed by atoms with E-state index < -0.39 is 33.6 Å². The van der Waals surface area contributed by atoms with Crippen LogP contribution in [-0.2, 0) is 21.2 Å². The molecule has 2 heterocycles. The van der Waals surface area contributed by atoms with Gasteiger partial charge >= 0.3 is 0 Å². The van der Waals surface area contributed by atoms with Crippen molar-refractivity contribution in [3.05, 3.63) is 77.2 Å². The minimum atomic E-state index is -4.08. The average Bonchev–Trinajstić information content (AvgIpc) is 3.20. The molecule has 3 aromatic rings. The first-order valence-electron chi connectivity index (χ1n) is 8.97. The van der Waals surface area contributed by atoms with Crippen LogP contribution in [0.3, 0.4) is 0 Å². The number of hydrogen-bond acceptors (Lipinski definition) is 6. The lowest BCUT2D eigenvalue weighted by atomic mass is 10.1. The van der Waals surface area contributed by atoms with Gasteiger partial charge in [0.05, 0.1) is 11.5 Å². The van der Waals surface area contributed by atoms with Crippen LogP contribution < -0.4 is 0 Å². The van der Waals surface area contributed by atoms with Gasteiger partial charge in [-0.25, -0.2) is 21.6 Å². The Kier molecular flexibility index (Phi) is 5.58. The largest absolute Gasteiger partial charge is 0.366 e. The summed E-state index contributed by atoms with van der Waals surface area (Å²) in [5.41, 5.74) is 0.386. The van der Waals surface area contributed by atoms with Gasteiger partial charge in [-0.15, -0.1) is 0 Å². The minimum Gasteiger partial charge on any atom is -0.366 e. The van der Waals surface area contributed by atoms with Gasteiger partial charge in [-0.05, 0) is 29.8 Å². The van der Waals surface area contributed by atoms with Crippen LogP contribution in [0, 0.1) is 17.5 Å². The summed E-state index contributed by atoms with van der Waals surface area (Å²) in [5.74, 6) is -2.52. The third kappa shape index (κ3) is 4.09. The Bertz CT molecular complexity index is 1170. The number of morpholine rings is 1. The molecule has 1 unspecified atom stereocenters. The minimum absolute atomic E-state index is 0.0219. The van der Waals surface area contributed by atoms with Gasteiger partial charge in [0.2, 0.25) is 10.0 Å². The summed E-state index contributed by atoms with van der Waals surface area (Å²) >= 11 is 0. The van der Waals surface area contributed by atoms with E-state index in [9.17, 15) is 21.6 Å². The Labute approximate surface area is 170 Å². The summed E-state index contributed by atoms with van der Waals surface area (Å²) in [6, 6.07) is 8.56. The Morgan fingerprint density at radius 3 is 2.63 bits per heavy atom. The van der Waals surface area contributed by atoms with Crippen molar-refractivity contribution < 1.29 is 30.8 Å². The van der Waals surface area contributed by atoms with Crippen molar-refractivity contribution in [3.63, 3.8) is 0 Å². The molecule has 1 fully saturated rings. The summed E-state index contributed by atoms with van der Waals surface area (Å²) < 4.78 is 77.8. The van der Waals surface area contributed by atoms with E-state index in [1.165, 1.54) is 6.07 Å². The van der Waals surface area contributed by atoms with Crippen LogP contribution in [0.1, 0.15) is 23.4 Å². The Morgan fingerprint density at radius 1 is 1.07 bits per heavy atom. The fraction of sp³-hybridized carbons (Fsp3) is 0.263. The molecule has 0 radical (unpaired) electrons. The van der Waals surface area contributed by atoms with E-state index in [4.69, 9.17) is 9.26 Å². The van der Waals surface area contributed by atoms with E-state index in [0.29, 0.717) is 11.6 Å². The lowest BCUT2D eigenvalue weighted by Crippen LogP contribution is -2.42. The second-order valence-electron chi connectivity index (χ2n) is 6.62. The zero-order chi connectivity index (χ0) is 21.3. The van der Waals surface area contributed by atoms with Gasteiger partial charge in [0.15, 0.2) is 23.6 Å². The molecule has 0 spiro atoms. The maximum absolute atomic E-state index is 13.8. The molecule has 0 N–H and O–H groups in total. The number of aromatic nitrogens is 2. The standard InChI is InChI=1S/C19H16F3N3O4S/c20-14-4-2-1-3-12(14)9-18-23-19(29-24-18)17-11-25(7-8-28-17)30(26,27)13-5-6-15(21)16(22)10-13/h1-6,10,17H,7-9,11H2. The molecule has 0 amide bonds. The summed E-state index contributed by atoms with van der Waals surface area (Å²) in [6.45, 7) is -0.0880.